The number of anilines is 1. The number of carboxylic acid groups (broad SMARTS) is 1. The van der Waals surface area contributed by atoms with Gasteiger partial charge in [-0.2, -0.15) is 0 Å². The quantitative estimate of drug-likeness (QED) is 0.791. The molecule has 1 aromatic carbocycles. The van der Waals surface area contributed by atoms with Crippen LogP contribution in [0.25, 0.3) is 0 Å². The van der Waals surface area contributed by atoms with Crippen LogP contribution in [-0.4, -0.2) is 66.1 Å². The number of rotatable bonds is 7. The Labute approximate surface area is 149 Å². The Kier molecular flexibility index (Phi) is 6.96. The number of hydrogen-bond acceptors (Lipinski definition) is 4. The van der Waals surface area contributed by atoms with Crippen molar-refractivity contribution in [3.05, 3.63) is 29.8 Å². The minimum Gasteiger partial charge on any atom is -0.480 e. The van der Waals surface area contributed by atoms with Gasteiger partial charge in [-0.15, -0.1) is 0 Å². The van der Waals surface area contributed by atoms with Crippen LogP contribution in [0.15, 0.2) is 24.3 Å². The average molecular weight is 347 g/mol. The molecule has 6 heteroatoms. The van der Waals surface area contributed by atoms with Crippen molar-refractivity contribution in [2.45, 2.75) is 38.6 Å². The van der Waals surface area contributed by atoms with Crippen molar-refractivity contribution in [1.29, 1.82) is 0 Å². The molecule has 0 atom stereocenters. The number of amides is 1. The third-order valence-electron chi connectivity index (χ3n) is 4.77. The minimum absolute atomic E-state index is 0.00162. The largest absolute Gasteiger partial charge is 0.480 e. The summed E-state index contributed by atoms with van der Waals surface area (Å²) in [5, 5.41) is 11.9. The summed E-state index contributed by atoms with van der Waals surface area (Å²) in [7, 11) is 1.85. The summed E-state index contributed by atoms with van der Waals surface area (Å²) in [6, 6.07) is 8.25. The van der Waals surface area contributed by atoms with E-state index in [0.29, 0.717) is 12.5 Å². The zero-order chi connectivity index (χ0) is 18.4. The molecule has 138 valence electrons. The Hall–Kier alpha value is -1.92. The van der Waals surface area contributed by atoms with Crippen LogP contribution in [0.4, 0.5) is 5.69 Å². The summed E-state index contributed by atoms with van der Waals surface area (Å²) < 4.78 is 0. The summed E-state index contributed by atoms with van der Waals surface area (Å²) >= 11 is 0. The van der Waals surface area contributed by atoms with Gasteiger partial charge in [0.25, 0.3) is 0 Å². The summed E-state index contributed by atoms with van der Waals surface area (Å²) in [5.41, 5.74) is 2.05. The number of carbonyl (C=O) groups excluding carboxylic acids is 1. The van der Waals surface area contributed by atoms with Crippen LogP contribution >= 0.6 is 0 Å². The van der Waals surface area contributed by atoms with E-state index in [0.717, 1.165) is 31.6 Å². The number of aliphatic carboxylic acids is 1. The van der Waals surface area contributed by atoms with Crippen LogP contribution in [0.5, 0.6) is 0 Å². The third kappa shape index (κ3) is 6.14. The number of benzene rings is 1. The molecule has 0 radical (unpaired) electrons. The second-order valence-electron chi connectivity index (χ2n) is 7.14. The van der Waals surface area contributed by atoms with E-state index in [9.17, 15) is 9.59 Å². The number of nitrogens with one attached hydrogen (secondary N) is 1. The summed E-state index contributed by atoms with van der Waals surface area (Å²) in [4.78, 5) is 27.1. The van der Waals surface area contributed by atoms with Crippen molar-refractivity contribution < 1.29 is 14.7 Å². The number of hydrogen-bond donors (Lipinski definition) is 2. The molecule has 1 aliphatic heterocycles. The highest BCUT2D eigenvalue weighted by Gasteiger charge is 2.24. The Bertz CT molecular complexity index is 595. The van der Waals surface area contributed by atoms with E-state index >= 15 is 0 Å². The van der Waals surface area contributed by atoms with E-state index in [-0.39, 0.29) is 18.5 Å². The number of likely N-dealkylation sites (tertiary alicyclic amines) is 1. The van der Waals surface area contributed by atoms with Crippen molar-refractivity contribution in [2.24, 2.45) is 0 Å². The molecular formula is C19H29N3O3. The Morgan fingerprint density at radius 2 is 2.00 bits per heavy atom. The van der Waals surface area contributed by atoms with Gasteiger partial charge < -0.3 is 10.4 Å². The fourth-order valence-corrected chi connectivity index (χ4v) is 3.24. The second-order valence-corrected chi connectivity index (χ2v) is 7.14. The number of carbonyl (C=O) groups is 2. The zero-order valence-electron chi connectivity index (χ0n) is 15.4. The standard InChI is InChI=1S/C19H29N3O3/c1-14(2)15-5-4-6-16(11-15)20-18(23)12-22-9-7-17(8-10-22)21(3)13-19(24)25/h4-6,11,14,17H,7-10,12-13H2,1-3H3,(H,20,23)(H,24,25). The summed E-state index contributed by atoms with van der Waals surface area (Å²) in [5.74, 6) is -0.371. The first-order valence-corrected chi connectivity index (χ1v) is 8.89. The van der Waals surface area contributed by atoms with E-state index in [2.05, 4.69) is 30.1 Å². The number of likely N-dealkylation sites (N-methyl/N-ethyl adjacent to an activating group) is 1. The van der Waals surface area contributed by atoms with Crippen molar-refractivity contribution in [1.82, 2.24) is 9.80 Å². The van der Waals surface area contributed by atoms with E-state index in [1.807, 2.05) is 30.1 Å². The smallest absolute Gasteiger partial charge is 0.317 e. The molecular weight excluding hydrogens is 318 g/mol. The van der Waals surface area contributed by atoms with Gasteiger partial charge in [0, 0.05) is 24.8 Å². The SMILES string of the molecule is CC(C)c1cccc(NC(=O)CN2CCC(N(C)CC(=O)O)CC2)c1. The molecule has 6 nitrogen and oxygen atoms in total. The first kappa shape index (κ1) is 19.4. The molecule has 0 aliphatic carbocycles. The van der Waals surface area contributed by atoms with Crippen LogP contribution in [0.1, 0.15) is 38.2 Å². The number of carboxylic acids is 1. The summed E-state index contributed by atoms with van der Waals surface area (Å²) in [6.45, 7) is 6.33. The fraction of sp³-hybridized carbons (Fsp3) is 0.579. The van der Waals surface area contributed by atoms with E-state index in [4.69, 9.17) is 5.11 Å². The van der Waals surface area contributed by atoms with Crippen molar-refractivity contribution in [2.75, 3.05) is 38.5 Å². The molecule has 0 aromatic heterocycles. The maximum absolute atomic E-state index is 12.3. The molecule has 2 rings (SSSR count). The molecule has 1 heterocycles. The number of nitrogens with zero attached hydrogens (tertiary/aromatic N) is 2. The van der Waals surface area contributed by atoms with Gasteiger partial charge in [0.1, 0.15) is 0 Å². The van der Waals surface area contributed by atoms with E-state index < -0.39 is 5.97 Å². The van der Waals surface area contributed by atoms with Crippen LogP contribution in [0.2, 0.25) is 0 Å². The topological polar surface area (TPSA) is 72.9 Å². The lowest BCUT2D eigenvalue weighted by molar-refractivity contribution is -0.138. The third-order valence-corrected chi connectivity index (χ3v) is 4.77. The maximum atomic E-state index is 12.3. The van der Waals surface area contributed by atoms with Crippen LogP contribution in [-0.2, 0) is 9.59 Å². The predicted molar refractivity (Wildman–Crippen MR) is 98.9 cm³/mol. The van der Waals surface area contributed by atoms with Crippen molar-refractivity contribution in [3.8, 4) is 0 Å². The molecule has 1 fully saturated rings. The van der Waals surface area contributed by atoms with Gasteiger partial charge in [-0.1, -0.05) is 26.0 Å². The molecule has 0 unspecified atom stereocenters. The molecule has 0 saturated carbocycles. The van der Waals surface area contributed by atoms with Gasteiger partial charge in [-0.25, -0.2) is 0 Å². The summed E-state index contributed by atoms with van der Waals surface area (Å²) in [6.07, 6.45) is 1.78. The molecule has 1 amide bonds. The first-order chi connectivity index (χ1) is 11.8. The first-order valence-electron chi connectivity index (χ1n) is 8.89. The Morgan fingerprint density at radius 3 is 2.60 bits per heavy atom. The number of piperidine rings is 1. The maximum Gasteiger partial charge on any atom is 0.317 e. The van der Waals surface area contributed by atoms with Crippen molar-refractivity contribution in [3.63, 3.8) is 0 Å². The van der Waals surface area contributed by atoms with E-state index in [1.54, 1.807) is 0 Å². The van der Waals surface area contributed by atoms with Gasteiger partial charge >= 0.3 is 5.97 Å². The van der Waals surface area contributed by atoms with Gasteiger partial charge in [0.05, 0.1) is 13.1 Å². The van der Waals surface area contributed by atoms with Gasteiger partial charge in [-0.3, -0.25) is 19.4 Å². The molecule has 1 aromatic rings. The fourth-order valence-electron chi connectivity index (χ4n) is 3.24. The lowest BCUT2D eigenvalue weighted by Gasteiger charge is -2.35. The molecule has 2 N–H and O–H groups in total. The average Bonchev–Trinajstić information content (AvgIpc) is 2.55. The van der Waals surface area contributed by atoms with Gasteiger partial charge in [0.15, 0.2) is 0 Å². The monoisotopic (exact) mass is 347 g/mol. The van der Waals surface area contributed by atoms with Crippen LogP contribution in [0.3, 0.4) is 0 Å². The molecule has 1 saturated heterocycles. The molecule has 0 bridgehead atoms. The van der Waals surface area contributed by atoms with Crippen molar-refractivity contribution >= 4 is 17.6 Å². The zero-order valence-corrected chi connectivity index (χ0v) is 15.4. The lowest BCUT2D eigenvalue weighted by Crippen LogP contribution is -2.46. The highest BCUT2D eigenvalue weighted by molar-refractivity contribution is 5.92. The molecule has 1 aliphatic rings. The lowest BCUT2D eigenvalue weighted by atomic mass is 10.0. The second kappa shape index (κ2) is 8.97. The minimum atomic E-state index is -0.798. The Balaban J connectivity index is 1.79. The molecule has 25 heavy (non-hydrogen) atoms. The Morgan fingerprint density at radius 1 is 1.32 bits per heavy atom. The van der Waals surface area contributed by atoms with Crippen LogP contribution < -0.4 is 5.32 Å². The molecule has 0 spiro atoms. The normalized spacial score (nSPS) is 16.4. The van der Waals surface area contributed by atoms with E-state index in [1.165, 1.54) is 5.56 Å². The van der Waals surface area contributed by atoms with Crippen LogP contribution in [0, 0.1) is 0 Å². The highest BCUT2D eigenvalue weighted by Crippen LogP contribution is 2.19. The van der Waals surface area contributed by atoms with Gasteiger partial charge in [0.2, 0.25) is 5.91 Å². The van der Waals surface area contributed by atoms with Gasteiger partial charge in [-0.05, 0) is 43.5 Å². The highest BCUT2D eigenvalue weighted by atomic mass is 16.4. The predicted octanol–water partition coefficient (Wildman–Crippen LogP) is 2.23.